The molecule has 0 radical (unpaired) electrons. The molecular weight excluding hydrogens is 300 g/mol. The molecular formula is C12H18N2O4S2. The zero-order valence-electron chi connectivity index (χ0n) is 11.1. The molecule has 1 aromatic rings. The zero-order valence-corrected chi connectivity index (χ0v) is 12.7. The molecule has 1 aromatic carbocycles. The van der Waals surface area contributed by atoms with Crippen molar-refractivity contribution >= 4 is 20.0 Å². The monoisotopic (exact) mass is 318 g/mol. The Morgan fingerprint density at radius 2 is 1.75 bits per heavy atom. The second-order valence-electron chi connectivity index (χ2n) is 5.16. The van der Waals surface area contributed by atoms with Crippen molar-refractivity contribution in [2.24, 2.45) is 17.0 Å². The molecule has 1 saturated carbocycles. The summed E-state index contributed by atoms with van der Waals surface area (Å²) in [6.07, 6.45) is 2.24. The van der Waals surface area contributed by atoms with Crippen molar-refractivity contribution in [1.82, 2.24) is 4.72 Å². The number of rotatable bonds is 6. The minimum absolute atomic E-state index is 0.242. The molecule has 0 aromatic heterocycles. The SMILES string of the molecule is CC(CNS(=O)(=O)c1ccccc1S(N)(=O)=O)C1CC1. The van der Waals surface area contributed by atoms with Crippen LogP contribution in [0.4, 0.5) is 0 Å². The van der Waals surface area contributed by atoms with Crippen LogP contribution in [-0.4, -0.2) is 23.4 Å². The first kappa shape index (κ1) is 15.4. The summed E-state index contributed by atoms with van der Waals surface area (Å²) in [6, 6.07) is 5.33. The number of nitrogens with one attached hydrogen (secondary N) is 1. The van der Waals surface area contributed by atoms with Gasteiger partial charge in [-0.15, -0.1) is 0 Å². The van der Waals surface area contributed by atoms with E-state index in [-0.39, 0.29) is 15.7 Å². The van der Waals surface area contributed by atoms with Gasteiger partial charge in [0.1, 0.15) is 9.79 Å². The number of sulfonamides is 2. The van der Waals surface area contributed by atoms with Gasteiger partial charge in [0.25, 0.3) is 0 Å². The minimum atomic E-state index is -4.08. The van der Waals surface area contributed by atoms with Crippen LogP contribution in [0.2, 0.25) is 0 Å². The molecule has 0 bridgehead atoms. The van der Waals surface area contributed by atoms with Gasteiger partial charge in [0, 0.05) is 6.54 Å². The average Bonchev–Trinajstić information content (AvgIpc) is 3.19. The molecule has 0 aliphatic heterocycles. The van der Waals surface area contributed by atoms with Crippen LogP contribution in [0.15, 0.2) is 34.1 Å². The predicted octanol–water partition coefficient (Wildman–Crippen LogP) is 0.658. The van der Waals surface area contributed by atoms with Crippen molar-refractivity contribution in [3.05, 3.63) is 24.3 Å². The summed E-state index contributed by atoms with van der Waals surface area (Å²) in [5.41, 5.74) is 0. The van der Waals surface area contributed by atoms with Gasteiger partial charge in [-0.05, 0) is 36.8 Å². The maximum Gasteiger partial charge on any atom is 0.241 e. The number of benzene rings is 1. The zero-order chi connectivity index (χ0) is 15.0. The van der Waals surface area contributed by atoms with Gasteiger partial charge in [-0.25, -0.2) is 26.7 Å². The fourth-order valence-electron chi connectivity index (χ4n) is 2.06. The summed E-state index contributed by atoms with van der Waals surface area (Å²) in [6.45, 7) is 2.28. The molecule has 0 spiro atoms. The molecule has 1 aliphatic rings. The van der Waals surface area contributed by atoms with E-state index in [0.717, 1.165) is 12.8 Å². The van der Waals surface area contributed by atoms with E-state index < -0.39 is 20.0 Å². The van der Waals surface area contributed by atoms with Gasteiger partial charge in [-0.3, -0.25) is 0 Å². The molecule has 3 N–H and O–H groups in total. The van der Waals surface area contributed by atoms with Gasteiger partial charge in [-0.2, -0.15) is 0 Å². The first-order chi connectivity index (χ1) is 9.22. The Labute approximate surface area is 119 Å². The van der Waals surface area contributed by atoms with Crippen LogP contribution in [0.25, 0.3) is 0 Å². The van der Waals surface area contributed by atoms with E-state index in [1.165, 1.54) is 24.3 Å². The number of primary sulfonamides is 1. The summed E-state index contributed by atoms with van der Waals surface area (Å²) in [7, 11) is -7.96. The Balaban J connectivity index is 2.25. The lowest BCUT2D eigenvalue weighted by atomic mass is 10.1. The molecule has 112 valence electrons. The van der Waals surface area contributed by atoms with E-state index in [9.17, 15) is 16.8 Å². The lowest BCUT2D eigenvalue weighted by Crippen LogP contribution is -2.30. The van der Waals surface area contributed by atoms with Gasteiger partial charge in [0.15, 0.2) is 0 Å². The quantitative estimate of drug-likeness (QED) is 0.803. The van der Waals surface area contributed by atoms with Crippen molar-refractivity contribution < 1.29 is 16.8 Å². The van der Waals surface area contributed by atoms with Gasteiger partial charge in [0.05, 0.1) is 0 Å². The predicted molar refractivity (Wildman–Crippen MR) is 74.9 cm³/mol. The lowest BCUT2D eigenvalue weighted by Gasteiger charge is -2.13. The summed E-state index contributed by atoms with van der Waals surface area (Å²) in [5, 5.41) is 5.05. The Morgan fingerprint density at radius 3 is 2.25 bits per heavy atom. The molecule has 0 heterocycles. The van der Waals surface area contributed by atoms with Crippen LogP contribution in [0.5, 0.6) is 0 Å². The number of nitrogens with two attached hydrogens (primary N) is 1. The Kier molecular flexibility index (Phi) is 4.19. The summed E-state index contributed by atoms with van der Waals surface area (Å²) in [5.74, 6) is 0.803. The van der Waals surface area contributed by atoms with Crippen LogP contribution in [0.3, 0.4) is 0 Å². The third-order valence-corrected chi connectivity index (χ3v) is 6.05. The Morgan fingerprint density at radius 1 is 1.20 bits per heavy atom. The first-order valence-electron chi connectivity index (χ1n) is 6.33. The molecule has 1 unspecified atom stereocenters. The fraction of sp³-hybridized carbons (Fsp3) is 0.500. The van der Waals surface area contributed by atoms with Crippen molar-refractivity contribution in [3.63, 3.8) is 0 Å². The normalized spacial score (nSPS) is 17.9. The molecule has 1 fully saturated rings. The molecule has 0 amide bonds. The average molecular weight is 318 g/mol. The van der Waals surface area contributed by atoms with E-state index in [1.54, 1.807) is 0 Å². The maximum atomic E-state index is 12.2. The second kappa shape index (κ2) is 5.44. The lowest BCUT2D eigenvalue weighted by molar-refractivity contribution is 0.491. The van der Waals surface area contributed by atoms with Gasteiger partial charge in [0.2, 0.25) is 20.0 Å². The summed E-state index contributed by atoms with van der Waals surface area (Å²) in [4.78, 5) is -0.683. The van der Waals surface area contributed by atoms with Crippen molar-refractivity contribution in [2.45, 2.75) is 29.6 Å². The molecule has 2 rings (SSSR count). The molecule has 8 heteroatoms. The highest BCUT2D eigenvalue weighted by Crippen LogP contribution is 2.36. The van der Waals surface area contributed by atoms with Crippen LogP contribution in [0, 0.1) is 11.8 Å². The number of hydrogen-bond acceptors (Lipinski definition) is 4. The largest absolute Gasteiger partial charge is 0.241 e. The Hall–Kier alpha value is -0.960. The van der Waals surface area contributed by atoms with Crippen LogP contribution in [0.1, 0.15) is 19.8 Å². The standard InChI is InChI=1S/C12H18N2O4S2/c1-9(10-6-7-10)8-14-20(17,18)12-5-3-2-4-11(12)19(13,15)16/h2-5,9-10,14H,6-8H2,1H3,(H2,13,15,16). The molecule has 1 aliphatic carbocycles. The van der Waals surface area contributed by atoms with Crippen molar-refractivity contribution in [2.75, 3.05) is 6.54 Å². The van der Waals surface area contributed by atoms with Crippen LogP contribution in [-0.2, 0) is 20.0 Å². The van der Waals surface area contributed by atoms with E-state index in [0.29, 0.717) is 12.5 Å². The molecule has 1 atom stereocenters. The van der Waals surface area contributed by atoms with E-state index in [1.807, 2.05) is 6.92 Å². The fourth-order valence-corrected chi connectivity index (χ4v) is 4.58. The van der Waals surface area contributed by atoms with Crippen LogP contribution >= 0.6 is 0 Å². The van der Waals surface area contributed by atoms with Gasteiger partial charge < -0.3 is 0 Å². The van der Waals surface area contributed by atoms with Gasteiger partial charge in [-0.1, -0.05) is 19.1 Å². The molecule has 0 saturated heterocycles. The smallest absolute Gasteiger partial charge is 0.225 e. The van der Waals surface area contributed by atoms with Crippen molar-refractivity contribution in [3.8, 4) is 0 Å². The first-order valence-corrected chi connectivity index (χ1v) is 9.36. The third kappa shape index (κ3) is 3.57. The Bertz CT molecular complexity index is 694. The third-order valence-electron chi connectivity index (χ3n) is 3.47. The minimum Gasteiger partial charge on any atom is -0.225 e. The molecule has 6 nitrogen and oxygen atoms in total. The van der Waals surface area contributed by atoms with E-state index in [2.05, 4.69) is 4.72 Å². The highest BCUT2D eigenvalue weighted by molar-refractivity contribution is 7.92. The highest BCUT2D eigenvalue weighted by atomic mass is 32.2. The topological polar surface area (TPSA) is 106 Å². The summed E-state index contributed by atoms with van der Waals surface area (Å²) >= 11 is 0. The van der Waals surface area contributed by atoms with E-state index >= 15 is 0 Å². The maximum absolute atomic E-state index is 12.2. The van der Waals surface area contributed by atoms with Crippen molar-refractivity contribution in [1.29, 1.82) is 0 Å². The van der Waals surface area contributed by atoms with Crippen LogP contribution < -0.4 is 9.86 Å². The highest BCUT2D eigenvalue weighted by Gasteiger charge is 2.30. The van der Waals surface area contributed by atoms with E-state index in [4.69, 9.17) is 5.14 Å². The van der Waals surface area contributed by atoms with Gasteiger partial charge >= 0.3 is 0 Å². The summed E-state index contributed by atoms with van der Waals surface area (Å²) < 4.78 is 49.8. The second-order valence-corrected chi connectivity index (χ2v) is 8.42. The number of hydrogen-bond donors (Lipinski definition) is 2. The molecule has 20 heavy (non-hydrogen) atoms.